The highest BCUT2D eigenvalue weighted by molar-refractivity contribution is 6.00. The molecule has 2 amide bonds. The number of carbonyl (C=O) groups is 2. The molecule has 34 heavy (non-hydrogen) atoms. The topological polar surface area (TPSA) is 85.7 Å². The Morgan fingerprint density at radius 3 is 2.50 bits per heavy atom. The third-order valence-corrected chi connectivity index (χ3v) is 6.90. The first-order valence-electron chi connectivity index (χ1n) is 11.3. The summed E-state index contributed by atoms with van der Waals surface area (Å²) in [4.78, 5) is 28.7. The normalized spacial score (nSPS) is 23.6. The van der Waals surface area contributed by atoms with Crippen molar-refractivity contribution in [2.45, 2.75) is 31.9 Å². The van der Waals surface area contributed by atoms with Crippen LogP contribution in [0.15, 0.2) is 48.5 Å². The molecule has 9 heteroatoms. The van der Waals surface area contributed by atoms with Crippen LogP contribution in [-0.2, 0) is 21.7 Å². The van der Waals surface area contributed by atoms with E-state index in [4.69, 9.17) is 10.1 Å². The van der Waals surface area contributed by atoms with E-state index in [1.54, 1.807) is 11.8 Å². The number of carbonyl (C=O) groups excluding carboxylic acids is 2. The van der Waals surface area contributed by atoms with E-state index in [1.165, 1.54) is 18.0 Å². The zero-order chi connectivity index (χ0) is 24.5. The van der Waals surface area contributed by atoms with Crippen molar-refractivity contribution in [3.63, 3.8) is 0 Å². The van der Waals surface area contributed by atoms with Gasteiger partial charge in [-0.05, 0) is 37.3 Å². The number of rotatable bonds is 4. The number of likely N-dealkylation sites (tertiary alicyclic amines) is 1. The van der Waals surface area contributed by atoms with E-state index in [0.29, 0.717) is 25.9 Å². The van der Waals surface area contributed by atoms with Crippen molar-refractivity contribution >= 4 is 18.0 Å². The van der Waals surface area contributed by atoms with Gasteiger partial charge in [0.05, 0.1) is 11.5 Å². The van der Waals surface area contributed by atoms with Crippen LogP contribution in [0.5, 0.6) is 0 Å². The highest BCUT2D eigenvalue weighted by atomic mass is 19.1. The first-order valence-corrected chi connectivity index (χ1v) is 11.3. The van der Waals surface area contributed by atoms with Gasteiger partial charge < -0.3 is 15.0 Å². The summed E-state index contributed by atoms with van der Waals surface area (Å²) in [6.45, 7) is 2.64. The highest BCUT2D eigenvalue weighted by Gasteiger charge is 2.52. The first kappa shape index (κ1) is 23.7. The van der Waals surface area contributed by atoms with Gasteiger partial charge in [-0.3, -0.25) is 15.1 Å². The molecule has 4 rings (SSSR count). The van der Waals surface area contributed by atoms with Gasteiger partial charge in [-0.15, -0.1) is 0 Å². The Hall–Kier alpha value is -3.49. The maximum Gasteiger partial charge on any atom is 0.410 e. The fourth-order valence-electron chi connectivity index (χ4n) is 5.02. The molecule has 2 fully saturated rings. The Kier molecular flexibility index (Phi) is 6.54. The van der Waals surface area contributed by atoms with Crippen molar-refractivity contribution in [3.05, 3.63) is 71.3 Å². The van der Waals surface area contributed by atoms with Crippen LogP contribution in [-0.4, -0.2) is 47.9 Å². The van der Waals surface area contributed by atoms with Crippen LogP contribution in [0.25, 0.3) is 0 Å². The number of guanidine groups is 1. The van der Waals surface area contributed by atoms with Crippen molar-refractivity contribution in [3.8, 4) is 0 Å². The lowest BCUT2D eigenvalue weighted by Gasteiger charge is -2.49. The van der Waals surface area contributed by atoms with E-state index >= 15 is 0 Å². The van der Waals surface area contributed by atoms with Crippen molar-refractivity contribution < 1.29 is 23.1 Å². The molecule has 2 aliphatic rings. The van der Waals surface area contributed by atoms with Crippen LogP contribution in [0.2, 0.25) is 0 Å². The van der Waals surface area contributed by atoms with Gasteiger partial charge in [0.25, 0.3) is 0 Å². The fraction of sp³-hybridized carbons (Fsp3) is 0.400. The number of piperidine rings is 1. The Morgan fingerprint density at radius 2 is 1.85 bits per heavy atom. The fourth-order valence-corrected chi connectivity index (χ4v) is 5.02. The summed E-state index contributed by atoms with van der Waals surface area (Å²) < 4.78 is 33.8. The van der Waals surface area contributed by atoms with Gasteiger partial charge in [0, 0.05) is 31.8 Å². The number of hydrogen-bond donors (Lipinski definition) is 2. The van der Waals surface area contributed by atoms with Crippen molar-refractivity contribution in [1.29, 1.82) is 5.41 Å². The molecular weight excluding hydrogens is 442 g/mol. The standard InChI is InChI=1S/C25H28F2N4O3/c1-25(19-9-8-18(26)14-20(19)27)21(22(32)30(2)23(28)29-25)17-10-12-31(13-11-17)24(33)34-15-16-6-4-3-5-7-16/h3-9,14,17,21H,10-13,15H2,1-2H3,(H2,28,29)/t21?,25-/m1/s1. The lowest BCUT2D eigenvalue weighted by atomic mass is 9.68. The summed E-state index contributed by atoms with van der Waals surface area (Å²) in [5.74, 6) is -2.81. The van der Waals surface area contributed by atoms with Crippen LogP contribution in [0.3, 0.4) is 0 Å². The number of amides is 2. The van der Waals surface area contributed by atoms with E-state index in [2.05, 4.69) is 5.32 Å². The summed E-state index contributed by atoms with van der Waals surface area (Å²) >= 11 is 0. The Bertz CT molecular complexity index is 1090. The zero-order valence-electron chi connectivity index (χ0n) is 19.2. The molecular formula is C25H28F2N4O3. The molecule has 0 bridgehead atoms. The number of halogens is 2. The van der Waals surface area contributed by atoms with Crippen LogP contribution >= 0.6 is 0 Å². The van der Waals surface area contributed by atoms with E-state index in [-0.39, 0.29) is 30.0 Å². The zero-order valence-corrected chi connectivity index (χ0v) is 19.2. The molecule has 180 valence electrons. The molecule has 0 aliphatic carbocycles. The summed E-state index contributed by atoms with van der Waals surface area (Å²) in [6.07, 6.45) is 0.609. The van der Waals surface area contributed by atoms with Gasteiger partial charge in [-0.1, -0.05) is 36.4 Å². The summed E-state index contributed by atoms with van der Waals surface area (Å²) in [7, 11) is 1.50. The van der Waals surface area contributed by atoms with Gasteiger partial charge >= 0.3 is 6.09 Å². The molecule has 2 heterocycles. The molecule has 0 spiro atoms. The molecule has 2 aromatic carbocycles. The predicted octanol–water partition coefficient (Wildman–Crippen LogP) is 3.84. The second kappa shape index (κ2) is 9.40. The molecule has 2 aromatic rings. The second-order valence-corrected chi connectivity index (χ2v) is 9.04. The lowest BCUT2D eigenvalue weighted by molar-refractivity contribution is -0.139. The number of benzene rings is 2. The quantitative estimate of drug-likeness (QED) is 0.711. The minimum atomic E-state index is -1.24. The monoisotopic (exact) mass is 470 g/mol. The summed E-state index contributed by atoms with van der Waals surface area (Å²) in [6, 6.07) is 12.7. The number of nitrogens with zero attached hydrogens (tertiary/aromatic N) is 2. The Balaban J connectivity index is 1.49. The minimum absolute atomic E-state index is 0.134. The van der Waals surface area contributed by atoms with Crippen molar-refractivity contribution in [1.82, 2.24) is 15.1 Å². The minimum Gasteiger partial charge on any atom is -0.445 e. The van der Waals surface area contributed by atoms with E-state index < -0.39 is 29.2 Å². The van der Waals surface area contributed by atoms with Gasteiger partial charge in [0.15, 0.2) is 5.96 Å². The first-order chi connectivity index (χ1) is 16.2. The molecule has 0 saturated carbocycles. The third-order valence-electron chi connectivity index (χ3n) is 6.90. The lowest BCUT2D eigenvalue weighted by Crippen LogP contribution is -2.66. The molecule has 2 aliphatic heterocycles. The second-order valence-electron chi connectivity index (χ2n) is 9.04. The molecule has 0 radical (unpaired) electrons. The third kappa shape index (κ3) is 4.47. The highest BCUT2D eigenvalue weighted by Crippen LogP contribution is 2.43. The average Bonchev–Trinajstić information content (AvgIpc) is 2.82. The smallest absolute Gasteiger partial charge is 0.410 e. The summed E-state index contributed by atoms with van der Waals surface area (Å²) in [5, 5.41) is 11.2. The Morgan fingerprint density at radius 1 is 1.18 bits per heavy atom. The average molecular weight is 471 g/mol. The van der Waals surface area contributed by atoms with E-state index in [9.17, 15) is 18.4 Å². The van der Waals surface area contributed by atoms with Crippen molar-refractivity contribution in [2.24, 2.45) is 11.8 Å². The molecule has 2 atom stereocenters. The SMILES string of the molecule is CN1C(=N)N[C@](C)(c2ccc(F)cc2F)C(C2CCN(C(=O)OCc3ccccc3)CC2)C1=O. The molecule has 0 aromatic heterocycles. The van der Waals surface area contributed by atoms with E-state index in [1.807, 2.05) is 30.3 Å². The predicted molar refractivity (Wildman–Crippen MR) is 122 cm³/mol. The summed E-state index contributed by atoms with van der Waals surface area (Å²) in [5.41, 5.74) is -0.207. The van der Waals surface area contributed by atoms with Gasteiger partial charge in [-0.25, -0.2) is 13.6 Å². The van der Waals surface area contributed by atoms with Crippen LogP contribution in [0, 0.1) is 28.9 Å². The van der Waals surface area contributed by atoms with Crippen molar-refractivity contribution in [2.75, 3.05) is 20.1 Å². The van der Waals surface area contributed by atoms with Gasteiger partial charge in [-0.2, -0.15) is 0 Å². The molecule has 7 nitrogen and oxygen atoms in total. The van der Waals surface area contributed by atoms with Gasteiger partial charge in [0.2, 0.25) is 5.91 Å². The van der Waals surface area contributed by atoms with E-state index in [0.717, 1.165) is 17.7 Å². The number of nitrogens with one attached hydrogen (secondary N) is 2. The molecule has 2 N–H and O–H groups in total. The number of hydrogen-bond acceptors (Lipinski definition) is 4. The molecule has 1 unspecified atom stereocenters. The number of ether oxygens (including phenoxy) is 1. The van der Waals surface area contributed by atoms with Crippen LogP contribution in [0.4, 0.5) is 13.6 Å². The van der Waals surface area contributed by atoms with Crippen LogP contribution < -0.4 is 5.32 Å². The van der Waals surface area contributed by atoms with Crippen LogP contribution in [0.1, 0.15) is 30.9 Å². The largest absolute Gasteiger partial charge is 0.445 e. The maximum atomic E-state index is 14.8. The Labute approximate surface area is 197 Å². The van der Waals surface area contributed by atoms with Gasteiger partial charge in [0.1, 0.15) is 18.2 Å². The molecule has 2 saturated heterocycles. The maximum absolute atomic E-state index is 14.8.